The van der Waals surface area contributed by atoms with Crippen molar-refractivity contribution >= 4 is 29.6 Å². The van der Waals surface area contributed by atoms with Crippen LogP contribution in [0.2, 0.25) is 0 Å². The Kier molecular flexibility index (Phi) is 9.30. The van der Waals surface area contributed by atoms with E-state index in [9.17, 15) is 19.2 Å². The number of benzene rings is 3. The number of hydrogen-bond acceptors (Lipinski definition) is 6. The molecule has 1 fully saturated rings. The van der Waals surface area contributed by atoms with E-state index in [2.05, 4.69) is 10.6 Å². The molecule has 0 bridgehead atoms. The second kappa shape index (κ2) is 12.9. The molecule has 3 aromatic rings. The quantitative estimate of drug-likeness (QED) is 0.339. The van der Waals surface area contributed by atoms with Gasteiger partial charge in [-0.1, -0.05) is 66.7 Å². The van der Waals surface area contributed by atoms with Gasteiger partial charge in [-0.2, -0.15) is 0 Å². The van der Waals surface area contributed by atoms with Crippen LogP contribution in [0, 0.1) is 0 Å². The van der Waals surface area contributed by atoms with Crippen molar-refractivity contribution < 1.29 is 28.7 Å². The Labute approximate surface area is 246 Å². The number of urea groups is 1. The van der Waals surface area contributed by atoms with Crippen molar-refractivity contribution in [3.8, 4) is 0 Å². The van der Waals surface area contributed by atoms with Gasteiger partial charge in [0, 0.05) is 5.69 Å². The Morgan fingerprint density at radius 3 is 2.26 bits per heavy atom. The summed E-state index contributed by atoms with van der Waals surface area (Å²) in [7, 11) is 0. The molecule has 42 heavy (non-hydrogen) atoms. The first-order chi connectivity index (χ1) is 20.0. The standard InChI is InChI=1S/C33H37N3O6/c1-32(2,3)42-30(39)33(4)19-18-27(24-14-9-6-10-15-24)36(33)28(37)21-34-31(40)35-26-17-11-16-25(20-26)29(38)41-22-23-12-7-5-8-13-23/h5-17,20,27H,18-19,21-22H2,1-4H3,(H2,34,35,40). The largest absolute Gasteiger partial charge is 0.458 e. The molecule has 1 aliphatic heterocycles. The summed E-state index contributed by atoms with van der Waals surface area (Å²) in [5.74, 6) is -1.43. The first kappa shape index (κ1) is 30.3. The van der Waals surface area contributed by atoms with Crippen LogP contribution in [0.3, 0.4) is 0 Å². The highest BCUT2D eigenvalue weighted by Gasteiger charge is 2.52. The summed E-state index contributed by atoms with van der Waals surface area (Å²) in [6.07, 6.45) is 0.997. The molecule has 0 saturated carbocycles. The number of nitrogens with one attached hydrogen (secondary N) is 2. The van der Waals surface area contributed by atoms with Crippen LogP contribution in [0.5, 0.6) is 0 Å². The van der Waals surface area contributed by atoms with Gasteiger partial charge in [-0.05, 0) is 69.9 Å². The zero-order valence-electron chi connectivity index (χ0n) is 24.4. The fraction of sp³-hybridized carbons (Fsp3) is 0.333. The van der Waals surface area contributed by atoms with Crippen molar-refractivity contribution in [1.29, 1.82) is 0 Å². The van der Waals surface area contributed by atoms with Crippen molar-refractivity contribution in [3.05, 3.63) is 102 Å². The van der Waals surface area contributed by atoms with Crippen LogP contribution >= 0.6 is 0 Å². The number of likely N-dealkylation sites (tertiary alicyclic amines) is 1. The zero-order valence-corrected chi connectivity index (χ0v) is 24.4. The Balaban J connectivity index is 1.41. The average Bonchev–Trinajstić information content (AvgIpc) is 3.33. The Morgan fingerprint density at radius 1 is 0.929 bits per heavy atom. The minimum atomic E-state index is -1.20. The highest BCUT2D eigenvalue weighted by atomic mass is 16.6. The van der Waals surface area contributed by atoms with Crippen LogP contribution in [-0.4, -0.2) is 46.5 Å². The third-order valence-corrected chi connectivity index (χ3v) is 7.01. The molecule has 3 aromatic carbocycles. The lowest BCUT2D eigenvalue weighted by Gasteiger charge is -2.38. The third-order valence-electron chi connectivity index (χ3n) is 7.01. The van der Waals surface area contributed by atoms with E-state index in [0.717, 1.165) is 11.1 Å². The maximum atomic E-state index is 13.6. The average molecular weight is 572 g/mol. The van der Waals surface area contributed by atoms with Gasteiger partial charge in [0.25, 0.3) is 0 Å². The van der Waals surface area contributed by atoms with E-state index < -0.39 is 35.0 Å². The molecule has 0 aromatic heterocycles. The van der Waals surface area contributed by atoms with Gasteiger partial charge in [0.2, 0.25) is 5.91 Å². The summed E-state index contributed by atoms with van der Waals surface area (Å²) in [6, 6.07) is 24.2. The fourth-order valence-corrected chi connectivity index (χ4v) is 4.99. The van der Waals surface area contributed by atoms with Gasteiger partial charge in [0.05, 0.1) is 18.2 Å². The van der Waals surface area contributed by atoms with Crippen molar-refractivity contribution in [3.63, 3.8) is 0 Å². The lowest BCUT2D eigenvalue weighted by atomic mass is 9.98. The van der Waals surface area contributed by atoms with Gasteiger partial charge < -0.3 is 25.0 Å². The van der Waals surface area contributed by atoms with Crippen molar-refractivity contribution in [2.75, 3.05) is 11.9 Å². The van der Waals surface area contributed by atoms with Crippen LogP contribution in [0.15, 0.2) is 84.9 Å². The molecule has 2 unspecified atom stereocenters. The molecule has 4 rings (SSSR count). The van der Waals surface area contributed by atoms with Gasteiger partial charge >= 0.3 is 18.0 Å². The summed E-state index contributed by atoms with van der Waals surface area (Å²) in [5, 5.41) is 5.24. The number of anilines is 1. The van der Waals surface area contributed by atoms with E-state index in [1.807, 2.05) is 60.7 Å². The number of hydrogen-bond donors (Lipinski definition) is 2. The van der Waals surface area contributed by atoms with E-state index >= 15 is 0 Å². The smallest absolute Gasteiger partial charge is 0.338 e. The normalized spacial score (nSPS) is 18.2. The third kappa shape index (κ3) is 7.54. The molecular formula is C33H37N3O6. The van der Waals surface area contributed by atoms with Gasteiger partial charge in [-0.25, -0.2) is 14.4 Å². The molecule has 1 aliphatic rings. The van der Waals surface area contributed by atoms with E-state index in [1.165, 1.54) is 6.07 Å². The van der Waals surface area contributed by atoms with E-state index in [1.54, 1.807) is 50.8 Å². The molecule has 1 saturated heterocycles. The SMILES string of the molecule is CC(C)(C)OC(=O)C1(C)CCC(c2ccccc2)N1C(=O)CNC(=O)Nc1cccc(C(=O)OCc2ccccc2)c1. The lowest BCUT2D eigenvalue weighted by molar-refractivity contribution is -0.171. The molecule has 0 radical (unpaired) electrons. The van der Waals surface area contributed by atoms with E-state index in [-0.39, 0.29) is 24.8 Å². The number of carbonyl (C=O) groups is 4. The van der Waals surface area contributed by atoms with Crippen LogP contribution in [0.1, 0.15) is 68.1 Å². The summed E-state index contributed by atoms with van der Waals surface area (Å²) in [5.41, 5.74) is 0.474. The van der Waals surface area contributed by atoms with Gasteiger partial charge in [0.15, 0.2) is 0 Å². The predicted octanol–water partition coefficient (Wildman–Crippen LogP) is 5.63. The van der Waals surface area contributed by atoms with Crippen LogP contribution in [0.25, 0.3) is 0 Å². The highest BCUT2D eigenvalue weighted by molar-refractivity contribution is 5.96. The molecule has 2 atom stereocenters. The summed E-state index contributed by atoms with van der Waals surface area (Å²) >= 11 is 0. The van der Waals surface area contributed by atoms with Crippen LogP contribution in [0.4, 0.5) is 10.5 Å². The molecule has 220 valence electrons. The fourth-order valence-electron chi connectivity index (χ4n) is 4.99. The molecule has 1 heterocycles. The van der Waals surface area contributed by atoms with Crippen molar-refractivity contribution in [1.82, 2.24) is 10.2 Å². The number of esters is 2. The topological polar surface area (TPSA) is 114 Å². The highest BCUT2D eigenvalue weighted by Crippen LogP contribution is 2.43. The Bertz CT molecular complexity index is 1420. The Hall–Kier alpha value is -4.66. The summed E-state index contributed by atoms with van der Waals surface area (Å²) < 4.78 is 11.1. The number of nitrogens with zero attached hydrogens (tertiary/aromatic N) is 1. The lowest BCUT2D eigenvalue weighted by Crippen LogP contribution is -2.56. The Morgan fingerprint density at radius 2 is 1.60 bits per heavy atom. The van der Waals surface area contributed by atoms with Crippen LogP contribution in [-0.2, 0) is 25.7 Å². The van der Waals surface area contributed by atoms with E-state index in [4.69, 9.17) is 9.47 Å². The molecule has 0 spiro atoms. The van der Waals surface area contributed by atoms with E-state index in [0.29, 0.717) is 18.5 Å². The molecule has 2 N–H and O–H groups in total. The first-order valence-corrected chi connectivity index (χ1v) is 13.9. The zero-order chi connectivity index (χ0) is 30.3. The number of rotatable bonds is 8. The summed E-state index contributed by atoms with van der Waals surface area (Å²) in [6.45, 7) is 6.86. The van der Waals surface area contributed by atoms with Gasteiger partial charge in [0.1, 0.15) is 17.7 Å². The summed E-state index contributed by atoms with van der Waals surface area (Å²) in [4.78, 5) is 53.8. The second-order valence-electron chi connectivity index (χ2n) is 11.5. The number of ether oxygens (including phenoxy) is 2. The van der Waals surface area contributed by atoms with Gasteiger partial charge in [-0.3, -0.25) is 4.79 Å². The number of carbonyl (C=O) groups excluding carboxylic acids is 4. The first-order valence-electron chi connectivity index (χ1n) is 13.9. The maximum absolute atomic E-state index is 13.6. The monoisotopic (exact) mass is 571 g/mol. The molecule has 9 nitrogen and oxygen atoms in total. The molecule has 3 amide bonds. The van der Waals surface area contributed by atoms with Crippen molar-refractivity contribution in [2.45, 2.75) is 64.3 Å². The van der Waals surface area contributed by atoms with Crippen molar-refractivity contribution in [2.24, 2.45) is 0 Å². The molecule has 9 heteroatoms. The molecule has 0 aliphatic carbocycles. The minimum absolute atomic E-state index is 0.128. The second-order valence-corrected chi connectivity index (χ2v) is 11.5. The van der Waals surface area contributed by atoms with Gasteiger partial charge in [-0.15, -0.1) is 0 Å². The van der Waals surface area contributed by atoms with Crippen LogP contribution < -0.4 is 10.6 Å². The number of amides is 3. The minimum Gasteiger partial charge on any atom is -0.458 e. The molecular weight excluding hydrogens is 534 g/mol. The maximum Gasteiger partial charge on any atom is 0.338 e. The predicted molar refractivity (Wildman–Crippen MR) is 159 cm³/mol.